The molecule has 4 nitrogen and oxygen atoms in total. The quantitative estimate of drug-likeness (QED) is 0.847. The Bertz CT molecular complexity index is 484. The average molecular weight is 314 g/mol. The van der Waals surface area contributed by atoms with E-state index < -0.39 is 0 Å². The molecule has 0 bridgehead atoms. The predicted octanol–water partition coefficient (Wildman–Crippen LogP) is 2.27. The first-order valence-corrected chi connectivity index (χ1v) is 6.53. The second-order valence-corrected chi connectivity index (χ2v) is 5.34. The normalized spacial score (nSPS) is 16.2. The number of carbonyl (C=O) groups is 1. The lowest BCUT2D eigenvalue weighted by Gasteiger charge is -2.21. The number of halogens is 1. The van der Waals surface area contributed by atoms with Crippen LogP contribution in [0.2, 0.25) is 0 Å². The van der Waals surface area contributed by atoms with Gasteiger partial charge in [0.1, 0.15) is 0 Å². The standard InChI is InChI=1S/C13H16BrNO3/c1-17-11-8(6-16)10(14)5-9(12(11)18-2)13(7-15)3-4-13/h5-6H,3-4,7,15H2,1-2H3. The molecule has 1 aliphatic rings. The number of hydrogen-bond acceptors (Lipinski definition) is 4. The molecule has 18 heavy (non-hydrogen) atoms. The lowest BCUT2D eigenvalue weighted by Crippen LogP contribution is -2.21. The molecule has 1 fully saturated rings. The molecule has 0 aromatic heterocycles. The molecule has 0 radical (unpaired) electrons. The third-order valence-corrected chi connectivity index (χ3v) is 4.22. The topological polar surface area (TPSA) is 61.5 Å². The molecule has 2 rings (SSSR count). The second-order valence-electron chi connectivity index (χ2n) is 4.49. The number of ether oxygens (including phenoxy) is 2. The molecule has 1 aliphatic carbocycles. The maximum Gasteiger partial charge on any atom is 0.172 e. The lowest BCUT2D eigenvalue weighted by molar-refractivity contribution is 0.111. The summed E-state index contributed by atoms with van der Waals surface area (Å²) in [6, 6.07) is 1.92. The van der Waals surface area contributed by atoms with E-state index in [4.69, 9.17) is 15.2 Å². The van der Waals surface area contributed by atoms with E-state index in [2.05, 4.69) is 15.9 Å². The van der Waals surface area contributed by atoms with Crippen molar-refractivity contribution in [1.82, 2.24) is 0 Å². The molecule has 0 aliphatic heterocycles. The zero-order valence-corrected chi connectivity index (χ0v) is 12.0. The first kappa shape index (κ1) is 13.4. The van der Waals surface area contributed by atoms with Crippen LogP contribution in [-0.2, 0) is 5.41 Å². The van der Waals surface area contributed by atoms with Crippen LogP contribution >= 0.6 is 15.9 Å². The minimum Gasteiger partial charge on any atom is -0.493 e. The van der Waals surface area contributed by atoms with Crippen LogP contribution in [0.5, 0.6) is 11.5 Å². The van der Waals surface area contributed by atoms with Crippen LogP contribution in [0, 0.1) is 0 Å². The van der Waals surface area contributed by atoms with Gasteiger partial charge in [-0.2, -0.15) is 0 Å². The number of methoxy groups -OCH3 is 2. The van der Waals surface area contributed by atoms with Gasteiger partial charge in [-0.15, -0.1) is 0 Å². The molecular weight excluding hydrogens is 298 g/mol. The van der Waals surface area contributed by atoms with Gasteiger partial charge >= 0.3 is 0 Å². The van der Waals surface area contributed by atoms with Crippen molar-refractivity contribution in [3.05, 3.63) is 21.7 Å². The van der Waals surface area contributed by atoms with E-state index in [-0.39, 0.29) is 5.41 Å². The molecule has 0 heterocycles. The predicted molar refractivity (Wildman–Crippen MR) is 72.6 cm³/mol. The van der Waals surface area contributed by atoms with Gasteiger partial charge in [0.25, 0.3) is 0 Å². The van der Waals surface area contributed by atoms with Crippen molar-refractivity contribution in [3.8, 4) is 11.5 Å². The van der Waals surface area contributed by atoms with E-state index in [0.29, 0.717) is 28.1 Å². The van der Waals surface area contributed by atoms with Gasteiger partial charge < -0.3 is 15.2 Å². The summed E-state index contributed by atoms with van der Waals surface area (Å²) in [5, 5.41) is 0. The minimum absolute atomic E-state index is 0.0252. The van der Waals surface area contributed by atoms with Gasteiger partial charge in [0.2, 0.25) is 0 Å². The van der Waals surface area contributed by atoms with Crippen molar-refractivity contribution in [2.24, 2.45) is 5.73 Å². The highest BCUT2D eigenvalue weighted by atomic mass is 79.9. The van der Waals surface area contributed by atoms with E-state index in [1.54, 1.807) is 7.11 Å². The third kappa shape index (κ3) is 1.91. The molecule has 2 N–H and O–H groups in total. The fraction of sp³-hybridized carbons (Fsp3) is 0.462. The molecular formula is C13H16BrNO3. The van der Waals surface area contributed by atoms with Crippen LogP contribution < -0.4 is 15.2 Å². The summed E-state index contributed by atoms with van der Waals surface area (Å²) in [5.41, 5.74) is 7.31. The van der Waals surface area contributed by atoms with Crippen LogP contribution in [0.1, 0.15) is 28.8 Å². The number of benzene rings is 1. The molecule has 0 unspecified atom stereocenters. The van der Waals surface area contributed by atoms with Gasteiger partial charge in [-0.25, -0.2) is 0 Å². The van der Waals surface area contributed by atoms with Crippen molar-refractivity contribution >= 4 is 22.2 Å². The highest BCUT2D eigenvalue weighted by molar-refractivity contribution is 9.10. The third-order valence-electron chi connectivity index (χ3n) is 3.57. The number of nitrogens with two attached hydrogens (primary N) is 1. The Kier molecular flexibility index (Phi) is 3.64. The summed E-state index contributed by atoms with van der Waals surface area (Å²) in [7, 11) is 3.11. The van der Waals surface area contributed by atoms with Crippen molar-refractivity contribution in [2.45, 2.75) is 18.3 Å². The molecule has 5 heteroatoms. The van der Waals surface area contributed by atoms with Gasteiger partial charge in [0, 0.05) is 22.0 Å². The Morgan fingerprint density at radius 1 is 1.39 bits per heavy atom. The SMILES string of the molecule is COc1c(C2(CN)CC2)cc(Br)c(C=O)c1OC. The summed E-state index contributed by atoms with van der Waals surface area (Å²) in [4.78, 5) is 11.1. The number of hydrogen-bond donors (Lipinski definition) is 1. The van der Waals surface area contributed by atoms with Crippen LogP contribution in [0.15, 0.2) is 10.5 Å². The summed E-state index contributed by atoms with van der Waals surface area (Å²) in [6.07, 6.45) is 2.84. The zero-order valence-electron chi connectivity index (χ0n) is 10.5. The lowest BCUT2D eigenvalue weighted by atomic mass is 9.93. The average Bonchev–Trinajstić information content (AvgIpc) is 3.18. The zero-order chi connectivity index (χ0) is 13.3. The van der Waals surface area contributed by atoms with Gasteiger partial charge in [0.05, 0.1) is 19.8 Å². The van der Waals surface area contributed by atoms with Crippen molar-refractivity contribution in [2.75, 3.05) is 20.8 Å². The van der Waals surface area contributed by atoms with Crippen LogP contribution in [-0.4, -0.2) is 27.1 Å². The fourth-order valence-electron chi connectivity index (χ4n) is 2.27. The number of carbonyl (C=O) groups excluding carboxylic acids is 1. The Morgan fingerprint density at radius 3 is 2.39 bits per heavy atom. The second kappa shape index (κ2) is 4.90. The Labute approximate surface area is 115 Å². The Hall–Kier alpha value is -1.07. The van der Waals surface area contributed by atoms with Gasteiger partial charge in [-0.05, 0) is 34.8 Å². The number of rotatable bonds is 5. The summed E-state index contributed by atoms with van der Waals surface area (Å²) >= 11 is 3.40. The maximum absolute atomic E-state index is 11.1. The van der Waals surface area contributed by atoms with Gasteiger partial charge in [0.15, 0.2) is 17.8 Å². The first-order chi connectivity index (χ1) is 8.63. The van der Waals surface area contributed by atoms with E-state index in [1.807, 2.05) is 6.07 Å². The largest absolute Gasteiger partial charge is 0.493 e. The van der Waals surface area contributed by atoms with Crippen molar-refractivity contribution in [3.63, 3.8) is 0 Å². The minimum atomic E-state index is -0.0252. The summed E-state index contributed by atoms with van der Waals surface area (Å²) in [6.45, 7) is 0.569. The van der Waals surface area contributed by atoms with Gasteiger partial charge in [-0.1, -0.05) is 0 Å². The Morgan fingerprint density at radius 2 is 2.00 bits per heavy atom. The van der Waals surface area contributed by atoms with Crippen molar-refractivity contribution < 1.29 is 14.3 Å². The molecule has 1 aromatic rings. The maximum atomic E-state index is 11.1. The van der Waals surface area contributed by atoms with E-state index in [9.17, 15) is 4.79 Å². The van der Waals surface area contributed by atoms with Crippen LogP contribution in [0.25, 0.3) is 0 Å². The van der Waals surface area contributed by atoms with Crippen molar-refractivity contribution in [1.29, 1.82) is 0 Å². The van der Waals surface area contributed by atoms with E-state index in [0.717, 1.165) is 24.7 Å². The fourth-order valence-corrected chi connectivity index (χ4v) is 2.77. The van der Waals surface area contributed by atoms with Crippen LogP contribution in [0.3, 0.4) is 0 Å². The highest BCUT2D eigenvalue weighted by Gasteiger charge is 2.46. The first-order valence-electron chi connectivity index (χ1n) is 5.73. The molecule has 0 amide bonds. The summed E-state index contributed by atoms with van der Waals surface area (Å²) < 4.78 is 11.5. The molecule has 1 aromatic carbocycles. The van der Waals surface area contributed by atoms with Gasteiger partial charge in [-0.3, -0.25) is 4.79 Å². The Balaban J connectivity index is 2.67. The molecule has 0 spiro atoms. The molecule has 98 valence electrons. The molecule has 0 saturated heterocycles. The highest BCUT2D eigenvalue weighted by Crippen LogP contribution is 2.54. The molecule has 0 atom stereocenters. The van der Waals surface area contributed by atoms with Crippen LogP contribution in [0.4, 0.5) is 0 Å². The smallest absolute Gasteiger partial charge is 0.172 e. The monoisotopic (exact) mass is 313 g/mol. The molecule has 1 saturated carbocycles. The summed E-state index contributed by atoms with van der Waals surface area (Å²) in [5.74, 6) is 1.09. The van der Waals surface area contributed by atoms with E-state index in [1.165, 1.54) is 7.11 Å². The number of aldehydes is 1. The van der Waals surface area contributed by atoms with E-state index >= 15 is 0 Å².